The first-order valence-electron chi connectivity index (χ1n) is 9.02. The molecular formula is C21H15F3N2O4S2. The molecule has 166 valence electrons. The van der Waals surface area contributed by atoms with Gasteiger partial charge in [0.25, 0.3) is 5.19 Å². The molecule has 0 spiro atoms. The fraction of sp³-hybridized carbons (Fsp3) is 0.0952. The third-order valence-corrected chi connectivity index (χ3v) is 6.43. The van der Waals surface area contributed by atoms with Crippen LogP contribution in [0.25, 0.3) is 21.3 Å². The van der Waals surface area contributed by atoms with Crippen molar-refractivity contribution in [3.63, 3.8) is 0 Å². The van der Waals surface area contributed by atoms with E-state index in [1.165, 1.54) is 42.7 Å². The average molecular weight is 480 g/mol. The van der Waals surface area contributed by atoms with Crippen molar-refractivity contribution >= 4 is 31.6 Å². The number of benzene rings is 3. The molecular weight excluding hydrogens is 465 g/mol. The number of sulfonamides is 1. The summed E-state index contributed by atoms with van der Waals surface area (Å²) in [6, 6.07) is 13.7. The summed E-state index contributed by atoms with van der Waals surface area (Å²) < 4.78 is 75.1. The number of nitrogens with two attached hydrogens (primary N) is 1. The van der Waals surface area contributed by atoms with E-state index in [1.807, 2.05) is 12.1 Å². The summed E-state index contributed by atoms with van der Waals surface area (Å²) in [5, 5.41) is 5.54. The Kier molecular flexibility index (Phi) is 5.57. The summed E-state index contributed by atoms with van der Waals surface area (Å²) in [7, 11) is -2.70. The minimum Gasteiger partial charge on any atom is -0.494 e. The van der Waals surface area contributed by atoms with E-state index in [-0.39, 0.29) is 11.1 Å². The van der Waals surface area contributed by atoms with Crippen LogP contribution in [0.1, 0.15) is 5.56 Å². The van der Waals surface area contributed by atoms with E-state index in [9.17, 15) is 21.6 Å². The van der Waals surface area contributed by atoms with Crippen molar-refractivity contribution in [2.45, 2.75) is 11.1 Å². The molecule has 1 aromatic heterocycles. The van der Waals surface area contributed by atoms with Gasteiger partial charge in [0.15, 0.2) is 0 Å². The van der Waals surface area contributed by atoms with Gasteiger partial charge in [-0.1, -0.05) is 29.5 Å². The van der Waals surface area contributed by atoms with Crippen molar-refractivity contribution in [1.82, 2.24) is 4.98 Å². The number of hydrogen-bond donors (Lipinski definition) is 1. The van der Waals surface area contributed by atoms with Crippen molar-refractivity contribution in [3.8, 4) is 27.8 Å². The number of hydrogen-bond acceptors (Lipinski definition) is 6. The van der Waals surface area contributed by atoms with Gasteiger partial charge >= 0.3 is 6.18 Å². The SMILES string of the molecule is COc1cccc2sc(Oc3ccc(-c4cc(C(F)(F)F)ccc4S(N)(=O)=O)cc3)nc12. The molecule has 0 radical (unpaired) electrons. The van der Waals surface area contributed by atoms with Gasteiger partial charge in [0, 0.05) is 5.56 Å². The van der Waals surface area contributed by atoms with Crippen LogP contribution in [-0.2, 0) is 16.2 Å². The zero-order chi connectivity index (χ0) is 23.1. The highest BCUT2D eigenvalue weighted by molar-refractivity contribution is 7.89. The van der Waals surface area contributed by atoms with Crippen LogP contribution in [0.4, 0.5) is 13.2 Å². The number of fused-ring (bicyclic) bond motifs is 1. The van der Waals surface area contributed by atoms with Gasteiger partial charge in [-0.05, 0) is 48.0 Å². The predicted octanol–water partition coefficient (Wildman–Crippen LogP) is 5.43. The Morgan fingerprint density at radius 3 is 2.38 bits per heavy atom. The summed E-state index contributed by atoms with van der Waals surface area (Å²) >= 11 is 1.30. The Bertz CT molecular complexity index is 1400. The number of aromatic nitrogens is 1. The van der Waals surface area contributed by atoms with Crippen LogP contribution in [0, 0.1) is 0 Å². The van der Waals surface area contributed by atoms with E-state index >= 15 is 0 Å². The molecule has 2 N–H and O–H groups in total. The maximum atomic E-state index is 13.1. The number of alkyl halides is 3. The van der Waals surface area contributed by atoms with Gasteiger partial charge in [-0.15, -0.1) is 0 Å². The van der Waals surface area contributed by atoms with Crippen LogP contribution in [0.15, 0.2) is 65.6 Å². The topological polar surface area (TPSA) is 91.5 Å². The Hall–Kier alpha value is -3.15. The summed E-state index contributed by atoms with van der Waals surface area (Å²) in [6.45, 7) is 0. The zero-order valence-electron chi connectivity index (χ0n) is 16.4. The number of methoxy groups -OCH3 is 1. The van der Waals surface area contributed by atoms with Crippen molar-refractivity contribution in [3.05, 3.63) is 66.2 Å². The second-order valence-electron chi connectivity index (χ2n) is 6.67. The lowest BCUT2D eigenvalue weighted by Crippen LogP contribution is -2.14. The molecule has 0 aliphatic carbocycles. The van der Waals surface area contributed by atoms with Gasteiger partial charge in [-0.25, -0.2) is 13.6 Å². The maximum absolute atomic E-state index is 13.1. The minimum atomic E-state index is -4.64. The summed E-state index contributed by atoms with van der Waals surface area (Å²) in [5.41, 5.74) is -0.255. The quantitative estimate of drug-likeness (QED) is 0.411. The van der Waals surface area contributed by atoms with Crippen LogP contribution in [0.3, 0.4) is 0 Å². The largest absolute Gasteiger partial charge is 0.494 e. The van der Waals surface area contributed by atoms with Crippen molar-refractivity contribution in [2.24, 2.45) is 5.14 Å². The zero-order valence-corrected chi connectivity index (χ0v) is 18.0. The Morgan fingerprint density at radius 2 is 1.75 bits per heavy atom. The highest BCUT2D eigenvalue weighted by Crippen LogP contribution is 2.38. The lowest BCUT2D eigenvalue weighted by atomic mass is 10.0. The Balaban J connectivity index is 1.68. The van der Waals surface area contributed by atoms with Gasteiger partial charge in [-0.2, -0.15) is 18.2 Å². The molecule has 0 aliphatic rings. The number of rotatable bonds is 5. The maximum Gasteiger partial charge on any atom is 0.416 e. The normalized spacial score (nSPS) is 12.2. The number of thiazole rings is 1. The first-order valence-corrected chi connectivity index (χ1v) is 11.4. The van der Waals surface area contributed by atoms with E-state index in [4.69, 9.17) is 14.6 Å². The van der Waals surface area contributed by atoms with E-state index in [2.05, 4.69) is 4.98 Å². The van der Waals surface area contributed by atoms with E-state index in [1.54, 1.807) is 6.07 Å². The highest BCUT2D eigenvalue weighted by Gasteiger charge is 2.32. The number of primary sulfonamides is 1. The molecule has 0 saturated carbocycles. The number of halogens is 3. The molecule has 32 heavy (non-hydrogen) atoms. The second-order valence-corrected chi connectivity index (χ2v) is 9.19. The van der Waals surface area contributed by atoms with Crippen molar-refractivity contribution in [1.29, 1.82) is 0 Å². The molecule has 0 aliphatic heterocycles. The predicted molar refractivity (Wildman–Crippen MR) is 114 cm³/mol. The molecule has 3 aromatic carbocycles. The monoisotopic (exact) mass is 480 g/mol. The van der Waals surface area contributed by atoms with Crippen LogP contribution in [0.2, 0.25) is 0 Å². The average Bonchev–Trinajstić information content (AvgIpc) is 3.15. The fourth-order valence-corrected chi connectivity index (χ4v) is 4.69. The van der Waals surface area contributed by atoms with E-state index in [0.717, 1.165) is 16.8 Å². The lowest BCUT2D eigenvalue weighted by molar-refractivity contribution is -0.137. The molecule has 0 fully saturated rings. The van der Waals surface area contributed by atoms with Crippen LogP contribution in [0.5, 0.6) is 16.7 Å². The minimum absolute atomic E-state index is 0.154. The third-order valence-electron chi connectivity index (χ3n) is 4.57. The molecule has 0 unspecified atom stereocenters. The standard InChI is InChI=1S/C21H15F3N2O4S2/c1-29-16-3-2-4-17-19(16)26-20(31-17)30-14-8-5-12(6-9-14)15-11-13(21(22,23)24)7-10-18(15)32(25,27)28/h2-11H,1H3,(H2,25,27,28). The summed E-state index contributed by atoms with van der Waals surface area (Å²) in [6.07, 6.45) is -4.64. The van der Waals surface area contributed by atoms with Gasteiger partial charge in [-0.3, -0.25) is 0 Å². The molecule has 0 bridgehead atoms. The molecule has 0 amide bonds. The van der Waals surface area contributed by atoms with Crippen molar-refractivity contribution in [2.75, 3.05) is 7.11 Å². The lowest BCUT2D eigenvalue weighted by Gasteiger charge is -2.13. The fourth-order valence-electron chi connectivity index (χ4n) is 3.09. The summed E-state index contributed by atoms with van der Waals surface area (Å²) in [5.74, 6) is 0.972. The molecule has 0 atom stereocenters. The van der Waals surface area contributed by atoms with Crippen molar-refractivity contribution < 1.29 is 31.1 Å². The number of nitrogens with zero attached hydrogens (tertiary/aromatic N) is 1. The van der Waals surface area contributed by atoms with Gasteiger partial charge in [0.05, 0.1) is 22.3 Å². The van der Waals surface area contributed by atoms with Gasteiger partial charge in [0.1, 0.15) is 17.0 Å². The van der Waals surface area contributed by atoms with Gasteiger partial charge < -0.3 is 9.47 Å². The Labute approximate surface area is 185 Å². The van der Waals surface area contributed by atoms with Crippen LogP contribution >= 0.6 is 11.3 Å². The molecule has 4 aromatic rings. The highest BCUT2D eigenvalue weighted by atomic mass is 32.2. The van der Waals surface area contributed by atoms with Crippen LogP contribution < -0.4 is 14.6 Å². The molecule has 6 nitrogen and oxygen atoms in total. The smallest absolute Gasteiger partial charge is 0.416 e. The Morgan fingerprint density at radius 1 is 1.03 bits per heavy atom. The molecule has 1 heterocycles. The molecule has 0 saturated heterocycles. The molecule has 4 rings (SSSR count). The third kappa shape index (κ3) is 4.40. The number of para-hydroxylation sites is 1. The van der Waals surface area contributed by atoms with E-state index in [0.29, 0.717) is 28.3 Å². The van der Waals surface area contributed by atoms with Crippen LogP contribution in [-0.4, -0.2) is 20.5 Å². The van der Waals surface area contributed by atoms with Gasteiger partial charge in [0.2, 0.25) is 10.0 Å². The second kappa shape index (κ2) is 8.08. The van der Waals surface area contributed by atoms with E-state index < -0.39 is 26.7 Å². The summed E-state index contributed by atoms with van der Waals surface area (Å²) in [4.78, 5) is 3.99. The first-order chi connectivity index (χ1) is 15.1. The first kappa shape index (κ1) is 22.1. The molecule has 11 heteroatoms. The number of ether oxygens (including phenoxy) is 2.